The lowest BCUT2D eigenvalue weighted by Gasteiger charge is -2.37. The van der Waals surface area contributed by atoms with Crippen molar-refractivity contribution < 1.29 is 27.4 Å². The first-order chi connectivity index (χ1) is 13.6. The number of carbonyl (C=O) groups is 1. The molecule has 0 amide bonds. The maximum Gasteiger partial charge on any atom is 0.339 e. The van der Waals surface area contributed by atoms with Crippen LogP contribution in [0.5, 0.6) is 11.5 Å². The Hall–Kier alpha value is -2.29. The van der Waals surface area contributed by atoms with Gasteiger partial charge in [0.15, 0.2) is 0 Å². The molecule has 1 N–H and O–H groups in total. The molecule has 29 heavy (non-hydrogen) atoms. The maximum absolute atomic E-state index is 13.1. The van der Waals surface area contributed by atoms with Gasteiger partial charge in [0, 0.05) is 12.0 Å². The van der Waals surface area contributed by atoms with E-state index in [2.05, 4.69) is 9.46 Å². The van der Waals surface area contributed by atoms with Crippen LogP contribution >= 0.6 is 11.6 Å². The Labute approximate surface area is 175 Å². The van der Waals surface area contributed by atoms with Gasteiger partial charge in [-0.3, -0.25) is 0 Å². The molecule has 0 fully saturated rings. The predicted octanol–water partition coefficient (Wildman–Crippen LogP) is 3.72. The number of rotatable bonds is 5. The Bertz CT molecular complexity index is 1050. The summed E-state index contributed by atoms with van der Waals surface area (Å²) in [5.74, 6) is 0.464. The molecule has 1 unspecified atom stereocenters. The largest absolute Gasteiger partial charge is 0.497 e. The second-order valence-corrected chi connectivity index (χ2v) is 9.40. The van der Waals surface area contributed by atoms with E-state index in [-0.39, 0.29) is 15.5 Å². The Balaban J connectivity index is 2.00. The van der Waals surface area contributed by atoms with E-state index in [4.69, 9.17) is 21.1 Å². The minimum Gasteiger partial charge on any atom is -0.497 e. The molecule has 2 aromatic carbocycles. The topological polar surface area (TPSA) is 90.9 Å². The van der Waals surface area contributed by atoms with Crippen LogP contribution in [0, 0.1) is 0 Å². The van der Waals surface area contributed by atoms with E-state index in [0.29, 0.717) is 23.5 Å². The standard InChI is InChI=1S/C20H22ClNO6S/c1-20(2)11-17(15-9-12(26-3)5-8-18(15)28-20)22-29(24,25)13-6-7-16(21)14(10-13)19(23)27-4/h5-10,17,22H,11H2,1-4H3. The van der Waals surface area contributed by atoms with Crippen LogP contribution in [0.3, 0.4) is 0 Å². The second-order valence-electron chi connectivity index (χ2n) is 7.28. The van der Waals surface area contributed by atoms with Crippen LogP contribution in [-0.4, -0.2) is 34.2 Å². The van der Waals surface area contributed by atoms with Crippen molar-refractivity contribution in [1.82, 2.24) is 4.72 Å². The number of hydrogen-bond donors (Lipinski definition) is 1. The minimum absolute atomic E-state index is 0.0218. The van der Waals surface area contributed by atoms with Crippen molar-refractivity contribution in [3.63, 3.8) is 0 Å². The highest BCUT2D eigenvalue weighted by Gasteiger charge is 2.36. The van der Waals surface area contributed by atoms with Gasteiger partial charge in [-0.1, -0.05) is 11.6 Å². The van der Waals surface area contributed by atoms with Crippen molar-refractivity contribution in [2.24, 2.45) is 0 Å². The summed E-state index contributed by atoms with van der Waals surface area (Å²) >= 11 is 6.00. The van der Waals surface area contributed by atoms with Crippen LogP contribution in [-0.2, 0) is 14.8 Å². The number of nitrogens with one attached hydrogen (secondary N) is 1. The monoisotopic (exact) mass is 439 g/mol. The first-order valence-corrected chi connectivity index (χ1v) is 10.7. The Morgan fingerprint density at radius 3 is 2.59 bits per heavy atom. The van der Waals surface area contributed by atoms with Crippen LogP contribution in [0.15, 0.2) is 41.3 Å². The van der Waals surface area contributed by atoms with Gasteiger partial charge in [0.1, 0.15) is 17.1 Å². The number of methoxy groups -OCH3 is 2. The summed E-state index contributed by atoms with van der Waals surface area (Å²) in [7, 11) is -1.23. The van der Waals surface area contributed by atoms with Gasteiger partial charge >= 0.3 is 5.97 Å². The van der Waals surface area contributed by atoms with Crippen LogP contribution in [0.4, 0.5) is 0 Å². The molecule has 2 aromatic rings. The third kappa shape index (κ3) is 4.49. The fourth-order valence-corrected chi connectivity index (χ4v) is 4.69. The quantitative estimate of drug-likeness (QED) is 0.714. The summed E-state index contributed by atoms with van der Waals surface area (Å²) in [6, 6.07) is 8.61. The molecule has 1 atom stereocenters. The smallest absolute Gasteiger partial charge is 0.339 e. The number of ether oxygens (including phenoxy) is 3. The van der Waals surface area contributed by atoms with Gasteiger partial charge in [0.2, 0.25) is 10.0 Å². The summed E-state index contributed by atoms with van der Waals surface area (Å²) in [5, 5.41) is 0.109. The molecule has 0 saturated heterocycles. The Morgan fingerprint density at radius 1 is 1.21 bits per heavy atom. The summed E-state index contributed by atoms with van der Waals surface area (Å²) in [6.07, 6.45) is 0.407. The lowest BCUT2D eigenvalue weighted by Crippen LogP contribution is -2.41. The fourth-order valence-electron chi connectivity index (χ4n) is 3.26. The van der Waals surface area contributed by atoms with Gasteiger partial charge < -0.3 is 14.2 Å². The molecular weight excluding hydrogens is 418 g/mol. The zero-order valence-electron chi connectivity index (χ0n) is 16.5. The zero-order valence-corrected chi connectivity index (χ0v) is 18.1. The lowest BCUT2D eigenvalue weighted by atomic mass is 9.90. The number of fused-ring (bicyclic) bond motifs is 1. The number of sulfonamides is 1. The van der Waals surface area contributed by atoms with Gasteiger partial charge in [0.25, 0.3) is 0 Å². The fraction of sp³-hybridized carbons (Fsp3) is 0.350. The molecule has 0 bridgehead atoms. The van der Waals surface area contributed by atoms with Crippen molar-refractivity contribution in [1.29, 1.82) is 0 Å². The van der Waals surface area contributed by atoms with E-state index in [1.165, 1.54) is 32.4 Å². The van der Waals surface area contributed by atoms with Crippen LogP contribution < -0.4 is 14.2 Å². The second kappa shape index (κ2) is 7.85. The average Bonchev–Trinajstić information content (AvgIpc) is 2.66. The molecule has 1 aliphatic rings. The van der Waals surface area contributed by atoms with Gasteiger partial charge in [-0.05, 0) is 50.2 Å². The van der Waals surface area contributed by atoms with Crippen LogP contribution in [0.1, 0.15) is 42.2 Å². The van der Waals surface area contributed by atoms with Crippen molar-refractivity contribution in [3.8, 4) is 11.5 Å². The predicted molar refractivity (Wildman–Crippen MR) is 108 cm³/mol. The van der Waals surface area contributed by atoms with E-state index in [1.54, 1.807) is 18.2 Å². The normalized spacial score (nSPS) is 17.8. The highest BCUT2D eigenvalue weighted by molar-refractivity contribution is 7.89. The van der Waals surface area contributed by atoms with Gasteiger partial charge in [-0.15, -0.1) is 0 Å². The highest BCUT2D eigenvalue weighted by Crippen LogP contribution is 2.41. The number of halogens is 1. The van der Waals surface area contributed by atoms with Crippen molar-refractivity contribution in [2.45, 2.75) is 36.8 Å². The van der Waals surface area contributed by atoms with E-state index >= 15 is 0 Å². The molecule has 0 aliphatic carbocycles. The molecule has 0 aromatic heterocycles. The lowest BCUT2D eigenvalue weighted by molar-refractivity contribution is 0.0600. The molecule has 156 valence electrons. The molecule has 3 rings (SSSR count). The third-order valence-electron chi connectivity index (χ3n) is 4.63. The maximum atomic E-state index is 13.1. The number of esters is 1. The van der Waals surface area contributed by atoms with E-state index in [9.17, 15) is 13.2 Å². The van der Waals surface area contributed by atoms with Gasteiger partial charge in [0.05, 0.1) is 35.7 Å². The van der Waals surface area contributed by atoms with Gasteiger partial charge in [-0.25, -0.2) is 17.9 Å². The summed E-state index contributed by atoms with van der Waals surface area (Å²) in [5.41, 5.74) is 0.0761. The molecule has 0 radical (unpaired) electrons. The number of benzene rings is 2. The minimum atomic E-state index is -3.97. The third-order valence-corrected chi connectivity index (χ3v) is 6.42. The van der Waals surface area contributed by atoms with Crippen molar-refractivity contribution in [2.75, 3.05) is 14.2 Å². The average molecular weight is 440 g/mol. The van der Waals surface area contributed by atoms with E-state index in [0.717, 1.165) is 0 Å². The Kier molecular flexibility index (Phi) is 5.80. The summed E-state index contributed by atoms with van der Waals surface area (Å²) in [4.78, 5) is 11.8. The molecule has 1 heterocycles. The molecule has 9 heteroatoms. The highest BCUT2D eigenvalue weighted by atomic mass is 35.5. The molecule has 1 aliphatic heterocycles. The number of hydrogen-bond acceptors (Lipinski definition) is 6. The first-order valence-electron chi connectivity index (χ1n) is 8.83. The number of carbonyl (C=O) groups excluding carboxylic acids is 1. The van der Waals surface area contributed by atoms with Crippen molar-refractivity contribution >= 4 is 27.6 Å². The molecular formula is C20H22ClNO6S. The molecule has 7 nitrogen and oxygen atoms in total. The zero-order chi connectivity index (χ0) is 21.4. The van der Waals surface area contributed by atoms with Crippen LogP contribution in [0.25, 0.3) is 0 Å². The first kappa shape index (κ1) is 21.4. The van der Waals surface area contributed by atoms with E-state index < -0.39 is 27.6 Å². The Morgan fingerprint density at radius 2 is 1.93 bits per heavy atom. The van der Waals surface area contributed by atoms with Crippen molar-refractivity contribution in [3.05, 3.63) is 52.5 Å². The molecule has 0 spiro atoms. The SMILES string of the molecule is COC(=O)c1cc(S(=O)(=O)NC2CC(C)(C)Oc3ccc(OC)cc32)ccc1Cl. The molecule has 0 saturated carbocycles. The van der Waals surface area contributed by atoms with E-state index in [1.807, 2.05) is 13.8 Å². The van der Waals surface area contributed by atoms with Gasteiger partial charge in [-0.2, -0.15) is 0 Å². The summed E-state index contributed by atoms with van der Waals surface area (Å²) < 4.78 is 44.8. The van der Waals surface area contributed by atoms with Crippen LogP contribution in [0.2, 0.25) is 5.02 Å². The summed E-state index contributed by atoms with van der Waals surface area (Å²) in [6.45, 7) is 3.78.